The van der Waals surface area contributed by atoms with E-state index in [1.165, 1.54) is 38.2 Å². The lowest BCUT2D eigenvalue weighted by Gasteiger charge is -2.13. The first-order chi connectivity index (χ1) is 12.6. The van der Waals surface area contributed by atoms with Crippen molar-refractivity contribution in [1.29, 1.82) is 0 Å². The minimum Gasteiger partial charge on any atom is -0.449 e. The second kappa shape index (κ2) is 8.12. The number of amides is 1. The summed E-state index contributed by atoms with van der Waals surface area (Å²) in [4.78, 5) is 23.0. The van der Waals surface area contributed by atoms with E-state index in [1.807, 2.05) is 0 Å². The van der Waals surface area contributed by atoms with Crippen molar-refractivity contribution >= 4 is 27.6 Å². The fourth-order valence-corrected chi connectivity index (χ4v) is 3.11. The van der Waals surface area contributed by atoms with Gasteiger partial charge in [-0.2, -0.15) is 0 Å². The van der Waals surface area contributed by atoms with Crippen LogP contribution in [0.1, 0.15) is 17.3 Å². The van der Waals surface area contributed by atoms with Gasteiger partial charge in [-0.25, -0.2) is 22.0 Å². The number of hydrogen-bond donors (Lipinski definition) is 2. The zero-order valence-corrected chi connectivity index (χ0v) is 15.1. The number of carbonyl (C=O) groups is 2. The van der Waals surface area contributed by atoms with E-state index in [4.69, 9.17) is 4.74 Å². The lowest BCUT2D eigenvalue weighted by molar-refractivity contribution is -0.128. The number of ether oxygens (including phenoxy) is 1. The lowest BCUT2D eigenvalue weighted by Crippen LogP contribution is -2.33. The molecule has 1 atom stereocenters. The van der Waals surface area contributed by atoms with Crippen molar-refractivity contribution in [2.45, 2.75) is 17.9 Å². The maximum atomic E-state index is 13.3. The summed E-state index contributed by atoms with van der Waals surface area (Å²) in [6.45, 7) is 1.38. The predicted molar refractivity (Wildman–Crippen MR) is 92.6 cm³/mol. The molecule has 0 aromatic heterocycles. The molecule has 0 spiro atoms. The molecule has 0 aliphatic heterocycles. The molecule has 10 heteroatoms. The molecule has 0 unspecified atom stereocenters. The number of nitrogens with one attached hydrogen (secondary N) is 2. The number of likely N-dealkylation sites (N-methyl/N-ethyl adjacent to an activating group) is 1. The minimum atomic E-state index is -4.21. The summed E-state index contributed by atoms with van der Waals surface area (Å²) in [6.07, 6.45) is -1.04. The predicted octanol–water partition coefficient (Wildman–Crippen LogP) is 2.06. The Kier molecular flexibility index (Phi) is 6.11. The third-order valence-corrected chi connectivity index (χ3v) is 4.83. The molecule has 2 rings (SSSR count). The van der Waals surface area contributed by atoms with Gasteiger partial charge in [-0.3, -0.25) is 9.52 Å². The van der Waals surface area contributed by atoms with Crippen LogP contribution in [0.25, 0.3) is 0 Å². The molecule has 2 aromatic rings. The molecule has 0 saturated heterocycles. The van der Waals surface area contributed by atoms with Crippen molar-refractivity contribution in [2.75, 3.05) is 11.8 Å². The smallest absolute Gasteiger partial charge is 0.338 e. The quantitative estimate of drug-likeness (QED) is 0.726. The van der Waals surface area contributed by atoms with Gasteiger partial charge in [0.1, 0.15) is 0 Å². The van der Waals surface area contributed by atoms with Gasteiger partial charge in [0, 0.05) is 12.7 Å². The van der Waals surface area contributed by atoms with Crippen molar-refractivity contribution in [2.24, 2.45) is 0 Å². The number of benzene rings is 2. The molecule has 2 N–H and O–H groups in total. The van der Waals surface area contributed by atoms with Crippen molar-refractivity contribution in [1.82, 2.24) is 5.32 Å². The van der Waals surface area contributed by atoms with Gasteiger partial charge >= 0.3 is 5.97 Å². The van der Waals surface area contributed by atoms with Crippen LogP contribution < -0.4 is 10.0 Å². The van der Waals surface area contributed by atoms with Crippen molar-refractivity contribution in [3.05, 3.63) is 59.7 Å². The largest absolute Gasteiger partial charge is 0.449 e. The van der Waals surface area contributed by atoms with E-state index in [1.54, 1.807) is 0 Å². The van der Waals surface area contributed by atoms with Gasteiger partial charge in [-0.1, -0.05) is 6.07 Å². The van der Waals surface area contributed by atoms with Crippen molar-refractivity contribution in [3.8, 4) is 0 Å². The summed E-state index contributed by atoms with van der Waals surface area (Å²) in [5, 5.41) is 2.33. The first-order valence-electron chi connectivity index (χ1n) is 7.64. The minimum absolute atomic E-state index is 0.00165. The SMILES string of the molecule is CNC(=O)[C@@H](C)OC(=O)c1cccc(NS(=O)(=O)c2ccc(F)c(F)c2)c1. The number of anilines is 1. The van der Waals surface area contributed by atoms with E-state index >= 15 is 0 Å². The average Bonchev–Trinajstić information content (AvgIpc) is 2.62. The summed E-state index contributed by atoms with van der Waals surface area (Å²) >= 11 is 0. The molecule has 0 heterocycles. The zero-order chi connectivity index (χ0) is 20.2. The van der Waals surface area contributed by atoms with Gasteiger partial charge in [0.15, 0.2) is 17.7 Å². The van der Waals surface area contributed by atoms with Crippen LogP contribution in [0.15, 0.2) is 47.4 Å². The van der Waals surface area contributed by atoms with Crippen LogP contribution in [-0.2, 0) is 19.6 Å². The molecule has 0 radical (unpaired) electrons. The Balaban J connectivity index is 2.20. The number of halogens is 2. The van der Waals surface area contributed by atoms with Gasteiger partial charge in [0.2, 0.25) is 0 Å². The molecular weight excluding hydrogens is 382 g/mol. The lowest BCUT2D eigenvalue weighted by atomic mass is 10.2. The maximum absolute atomic E-state index is 13.3. The summed E-state index contributed by atoms with van der Waals surface area (Å²) < 4.78 is 57.9. The van der Waals surface area contributed by atoms with E-state index in [0.29, 0.717) is 12.1 Å². The molecule has 1 amide bonds. The molecule has 7 nitrogen and oxygen atoms in total. The van der Waals surface area contributed by atoms with Gasteiger partial charge in [0.05, 0.1) is 10.5 Å². The normalized spacial score (nSPS) is 12.1. The Morgan fingerprint density at radius 3 is 2.41 bits per heavy atom. The second-order valence-electron chi connectivity index (χ2n) is 5.42. The first-order valence-corrected chi connectivity index (χ1v) is 9.13. The molecular formula is C17H16F2N2O5S. The molecule has 2 aromatic carbocycles. The van der Waals surface area contributed by atoms with Crippen molar-refractivity contribution in [3.63, 3.8) is 0 Å². The third-order valence-electron chi connectivity index (χ3n) is 3.45. The van der Waals surface area contributed by atoms with E-state index in [2.05, 4.69) is 10.0 Å². The molecule has 0 bridgehead atoms. The van der Waals surface area contributed by atoms with Crippen LogP contribution in [0.4, 0.5) is 14.5 Å². The Bertz CT molecular complexity index is 979. The van der Waals surface area contributed by atoms with Crippen LogP contribution in [0.2, 0.25) is 0 Å². The number of rotatable bonds is 6. The number of carbonyl (C=O) groups excluding carboxylic acids is 2. The zero-order valence-electron chi connectivity index (χ0n) is 14.3. The van der Waals surface area contributed by atoms with Gasteiger partial charge < -0.3 is 10.1 Å². The molecule has 0 fully saturated rings. The maximum Gasteiger partial charge on any atom is 0.338 e. The Hall–Kier alpha value is -3.01. The van der Waals surface area contributed by atoms with Gasteiger partial charge in [-0.05, 0) is 43.3 Å². The monoisotopic (exact) mass is 398 g/mol. The summed E-state index contributed by atoms with van der Waals surface area (Å²) in [6, 6.07) is 7.45. The first kappa shape index (κ1) is 20.3. The number of sulfonamides is 1. The summed E-state index contributed by atoms with van der Waals surface area (Å²) in [5.41, 5.74) is -0.00183. The van der Waals surface area contributed by atoms with Crippen LogP contribution in [0.5, 0.6) is 0 Å². The molecule has 0 aliphatic rings. The van der Waals surface area contributed by atoms with E-state index < -0.39 is 44.5 Å². The highest BCUT2D eigenvalue weighted by atomic mass is 32.2. The Morgan fingerprint density at radius 1 is 1.07 bits per heavy atom. The van der Waals surface area contributed by atoms with Crippen molar-refractivity contribution < 1.29 is 31.5 Å². The van der Waals surface area contributed by atoms with E-state index in [0.717, 1.165) is 6.07 Å². The molecule has 27 heavy (non-hydrogen) atoms. The highest BCUT2D eigenvalue weighted by Gasteiger charge is 2.20. The number of hydrogen-bond acceptors (Lipinski definition) is 5. The summed E-state index contributed by atoms with van der Waals surface area (Å²) in [5.74, 6) is -3.82. The molecule has 0 aliphatic carbocycles. The summed E-state index contributed by atoms with van der Waals surface area (Å²) in [7, 11) is -2.82. The van der Waals surface area contributed by atoms with Gasteiger partial charge in [-0.15, -0.1) is 0 Å². The standard InChI is InChI=1S/C17H16F2N2O5S/c1-10(16(22)20-2)26-17(23)11-4-3-5-12(8-11)21-27(24,25)13-6-7-14(18)15(19)9-13/h3-10,21H,1-2H3,(H,20,22)/t10-/m1/s1. The second-order valence-corrected chi connectivity index (χ2v) is 7.11. The highest BCUT2D eigenvalue weighted by Crippen LogP contribution is 2.19. The topological polar surface area (TPSA) is 102 Å². The van der Waals surface area contributed by atoms with Crippen LogP contribution in [0.3, 0.4) is 0 Å². The molecule has 144 valence electrons. The number of esters is 1. The van der Waals surface area contributed by atoms with Crippen LogP contribution in [-0.4, -0.2) is 33.4 Å². The Morgan fingerprint density at radius 2 is 1.78 bits per heavy atom. The van der Waals surface area contributed by atoms with E-state index in [9.17, 15) is 26.8 Å². The van der Waals surface area contributed by atoms with E-state index in [-0.39, 0.29) is 11.3 Å². The fourth-order valence-electron chi connectivity index (χ4n) is 2.05. The fraction of sp³-hybridized carbons (Fsp3) is 0.176. The highest BCUT2D eigenvalue weighted by molar-refractivity contribution is 7.92. The van der Waals surface area contributed by atoms with Crippen LogP contribution >= 0.6 is 0 Å². The van der Waals surface area contributed by atoms with Crippen LogP contribution in [0, 0.1) is 11.6 Å². The third kappa shape index (κ3) is 5.00. The van der Waals surface area contributed by atoms with Gasteiger partial charge in [0.25, 0.3) is 15.9 Å². The Labute approximate surface area is 154 Å². The molecule has 0 saturated carbocycles. The average molecular weight is 398 g/mol.